The molecule has 0 fully saturated rings. The Kier molecular flexibility index (Phi) is 4.05. The average Bonchev–Trinajstić information content (AvgIpc) is 2.11. The van der Waals surface area contributed by atoms with Crippen LogP contribution in [0.5, 0.6) is 0 Å². The Hall–Kier alpha value is -0.440. The normalized spacial score (nSPS) is 10.0. The molecular formula is C9H7Cl3O2. The number of hydrogen-bond acceptors (Lipinski definition) is 2. The van der Waals surface area contributed by atoms with E-state index in [1.165, 1.54) is 12.1 Å². The van der Waals surface area contributed by atoms with Gasteiger partial charge in [-0.3, -0.25) is 0 Å². The third-order valence-corrected chi connectivity index (χ3v) is 2.51. The minimum Gasteiger partial charge on any atom is -0.462 e. The van der Waals surface area contributed by atoms with E-state index in [0.717, 1.165) is 0 Å². The minimum atomic E-state index is -0.526. The van der Waals surface area contributed by atoms with E-state index in [4.69, 9.17) is 39.5 Å². The predicted octanol–water partition coefficient (Wildman–Crippen LogP) is 3.82. The lowest BCUT2D eigenvalue weighted by Crippen LogP contribution is -2.05. The molecule has 1 aromatic carbocycles. The Morgan fingerprint density at radius 3 is 2.57 bits per heavy atom. The van der Waals surface area contributed by atoms with E-state index in [1.807, 2.05) is 0 Å². The van der Waals surface area contributed by atoms with Crippen molar-refractivity contribution in [1.29, 1.82) is 0 Å². The Morgan fingerprint density at radius 1 is 1.36 bits per heavy atom. The second kappa shape index (κ2) is 4.87. The van der Waals surface area contributed by atoms with Crippen LogP contribution in [0, 0.1) is 0 Å². The summed E-state index contributed by atoms with van der Waals surface area (Å²) in [6.07, 6.45) is 0. The van der Waals surface area contributed by atoms with Crippen molar-refractivity contribution in [3.8, 4) is 0 Å². The molecule has 0 atom stereocenters. The summed E-state index contributed by atoms with van der Waals surface area (Å²) < 4.78 is 4.78. The molecule has 0 unspecified atom stereocenters. The van der Waals surface area contributed by atoms with Crippen LogP contribution in [0.15, 0.2) is 12.1 Å². The van der Waals surface area contributed by atoms with Crippen molar-refractivity contribution in [2.24, 2.45) is 0 Å². The van der Waals surface area contributed by atoms with E-state index in [9.17, 15) is 4.79 Å². The molecule has 0 bridgehead atoms. The summed E-state index contributed by atoms with van der Waals surface area (Å²) in [4.78, 5) is 11.3. The number of hydrogen-bond donors (Lipinski definition) is 0. The Labute approximate surface area is 96.7 Å². The zero-order valence-electron chi connectivity index (χ0n) is 7.31. The molecule has 0 amide bonds. The molecule has 0 aliphatic heterocycles. The first-order valence-electron chi connectivity index (χ1n) is 3.88. The van der Waals surface area contributed by atoms with Gasteiger partial charge in [0.1, 0.15) is 0 Å². The quantitative estimate of drug-likeness (QED) is 0.591. The number of ether oxygens (including phenoxy) is 1. The molecule has 0 saturated heterocycles. The first kappa shape index (κ1) is 11.6. The van der Waals surface area contributed by atoms with Gasteiger partial charge in [0, 0.05) is 5.02 Å². The van der Waals surface area contributed by atoms with Gasteiger partial charge < -0.3 is 4.74 Å². The zero-order valence-corrected chi connectivity index (χ0v) is 9.58. The summed E-state index contributed by atoms with van der Waals surface area (Å²) in [5, 5.41) is 0.749. The SMILES string of the molecule is CCOC(=O)c1cc(Cl)cc(Cl)c1Cl. The molecule has 5 heteroatoms. The van der Waals surface area contributed by atoms with Gasteiger partial charge in [-0.25, -0.2) is 4.79 Å². The number of benzene rings is 1. The van der Waals surface area contributed by atoms with Gasteiger partial charge in [-0.15, -0.1) is 0 Å². The molecule has 1 aromatic rings. The highest BCUT2D eigenvalue weighted by molar-refractivity contribution is 6.45. The molecule has 0 N–H and O–H groups in total. The number of rotatable bonds is 2. The molecule has 0 radical (unpaired) electrons. The number of carbonyl (C=O) groups is 1. The largest absolute Gasteiger partial charge is 0.462 e. The second-order valence-electron chi connectivity index (χ2n) is 2.47. The molecule has 76 valence electrons. The fourth-order valence-corrected chi connectivity index (χ4v) is 1.59. The van der Waals surface area contributed by atoms with Gasteiger partial charge in [-0.05, 0) is 19.1 Å². The highest BCUT2D eigenvalue weighted by Crippen LogP contribution is 2.30. The highest BCUT2D eigenvalue weighted by atomic mass is 35.5. The van der Waals surface area contributed by atoms with Crippen LogP contribution in [0.25, 0.3) is 0 Å². The van der Waals surface area contributed by atoms with E-state index in [2.05, 4.69) is 0 Å². The van der Waals surface area contributed by atoms with Crippen LogP contribution in [0.4, 0.5) is 0 Å². The summed E-state index contributed by atoms with van der Waals surface area (Å²) in [7, 11) is 0. The molecule has 1 rings (SSSR count). The summed E-state index contributed by atoms with van der Waals surface area (Å²) in [6, 6.07) is 2.89. The summed E-state index contributed by atoms with van der Waals surface area (Å²) >= 11 is 17.3. The van der Waals surface area contributed by atoms with Gasteiger partial charge in [0.15, 0.2) is 0 Å². The van der Waals surface area contributed by atoms with Crippen LogP contribution in [0.2, 0.25) is 15.1 Å². The van der Waals surface area contributed by atoms with Crippen molar-refractivity contribution in [3.63, 3.8) is 0 Å². The zero-order chi connectivity index (χ0) is 10.7. The molecular weight excluding hydrogens is 246 g/mol. The van der Waals surface area contributed by atoms with Gasteiger partial charge >= 0.3 is 5.97 Å². The van der Waals surface area contributed by atoms with Crippen LogP contribution in [-0.2, 0) is 4.74 Å². The summed E-state index contributed by atoms with van der Waals surface area (Å²) in [6.45, 7) is 1.98. The Bertz CT molecular complexity index is 363. The van der Waals surface area contributed by atoms with Crippen molar-refractivity contribution in [2.75, 3.05) is 6.61 Å². The molecule has 0 spiro atoms. The van der Waals surface area contributed by atoms with Gasteiger partial charge in [0.25, 0.3) is 0 Å². The topological polar surface area (TPSA) is 26.3 Å². The van der Waals surface area contributed by atoms with Crippen molar-refractivity contribution in [2.45, 2.75) is 6.92 Å². The average molecular weight is 254 g/mol. The van der Waals surface area contributed by atoms with Crippen LogP contribution in [0.3, 0.4) is 0 Å². The highest BCUT2D eigenvalue weighted by Gasteiger charge is 2.14. The fourth-order valence-electron chi connectivity index (χ4n) is 0.913. The Balaban J connectivity index is 3.13. The third kappa shape index (κ3) is 2.53. The first-order chi connectivity index (χ1) is 6.56. The van der Waals surface area contributed by atoms with Gasteiger partial charge in [-0.2, -0.15) is 0 Å². The Morgan fingerprint density at radius 2 is 2.00 bits per heavy atom. The van der Waals surface area contributed by atoms with E-state index in [-0.39, 0.29) is 22.2 Å². The summed E-state index contributed by atoms with van der Waals surface area (Å²) in [5.41, 5.74) is 0.186. The number of carbonyl (C=O) groups excluding carboxylic acids is 1. The maximum absolute atomic E-state index is 11.3. The van der Waals surface area contributed by atoms with Gasteiger partial charge in [-0.1, -0.05) is 34.8 Å². The third-order valence-electron chi connectivity index (χ3n) is 1.49. The van der Waals surface area contributed by atoms with Crippen LogP contribution in [0.1, 0.15) is 17.3 Å². The molecule has 0 saturated carbocycles. The molecule has 0 aromatic heterocycles. The lowest BCUT2D eigenvalue weighted by atomic mass is 10.2. The van der Waals surface area contributed by atoms with Crippen molar-refractivity contribution in [3.05, 3.63) is 32.8 Å². The van der Waals surface area contributed by atoms with Gasteiger partial charge in [0.2, 0.25) is 0 Å². The molecule has 2 nitrogen and oxygen atoms in total. The monoisotopic (exact) mass is 252 g/mol. The minimum absolute atomic E-state index is 0.162. The van der Waals surface area contributed by atoms with Crippen LogP contribution in [-0.4, -0.2) is 12.6 Å². The van der Waals surface area contributed by atoms with E-state index >= 15 is 0 Å². The van der Waals surface area contributed by atoms with E-state index in [0.29, 0.717) is 5.02 Å². The van der Waals surface area contributed by atoms with E-state index in [1.54, 1.807) is 6.92 Å². The molecule has 0 heterocycles. The second-order valence-corrected chi connectivity index (χ2v) is 3.69. The lowest BCUT2D eigenvalue weighted by molar-refractivity contribution is 0.0526. The lowest BCUT2D eigenvalue weighted by Gasteiger charge is -2.05. The summed E-state index contributed by atoms with van der Waals surface area (Å²) in [5.74, 6) is -0.526. The van der Waals surface area contributed by atoms with Crippen LogP contribution >= 0.6 is 34.8 Å². The van der Waals surface area contributed by atoms with Gasteiger partial charge in [0.05, 0.1) is 22.2 Å². The van der Waals surface area contributed by atoms with Crippen molar-refractivity contribution >= 4 is 40.8 Å². The standard InChI is InChI=1S/C9H7Cl3O2/c1-2-14-9(13)6-3-5(10)4-7(11)8(6)12/h3-4H,2H2,1H3. The molecule has 0 aliphatic rings. The number of esters is 1. The van der Waals surface area contributed by atoms with Crippen LogP contribution < -0.4 is 0 Å². The fraction of sp³-hybridized carbons (Fsp3) is 0.222. The number of halogens is 3. The van der Waals surface area contributed by atoms with E-state index < -0.39 is 5.97 Å². The predicted molar refractivity (Wildman–Crippen MR) is 57.4 cm³/mol. The van der Waals surface area contributed by atoms with Crippen molar-refractivity contribution < 1.29 is 9.53 Å². The maximum Gasteiger partial charge on any atom is 0.339 e. The first-order valence-corrected chi connectivity index (χ1v) is 5.01. The molecule has 14 heavy (non-hydrogen) atoms. The van der Waals surface area contributed by atoms with Crippen molar-refractivity contribution in [1.82, 2.24) is 0 Å². The maximum atomic E-state index is 11.3. The smallest absolute Gasteiger partial charge is 0.339 e. The molecule has 0 aliphatic carbocycles.